The van der Waals surface area contributed by atoms with Crippen LogP contribution in [0.1, 0.15) is 16.7 Å². The molecule has 4 aromatic rings. The molecule has 4 rings (SSSR count). The van der Waals surface area contributed by atoms with Crippen molar-refractivity contribution in [3.8, 4) is 11.8 Å². The number of nitriles is 1. The molecule has 0 atom stereocenters. The van der Waals surface area contributed by atoms with Crippen molar-refractivity contribution in [3.63, 3.8) is 0 Å². The molecule has 0 fully saturated rings. The Morgan fingerprint density at radius 3 is 2.75 bits per heavy atom. The minimum absolute atomic E-state index is 0.00686. The number of nitrogens with one attached hydrogen (secondary N) is 1. The lowest BCUT2D eigenvalue weighted by Gasteiger charge is -2.11. The molecule has 11 heteroatoms. The van der Waals surface area contributed by atoms with Crippen molar-refractivity contribution in [1.29, 1.82) is 5.26 Å². The molecule has 0 aliphatic heterocycles. The lowest BCUT2D eigenvalue weighted by Crippen LogP contribution is -2.13. The highest BCUT2D eigenvalue weighted by molar-refractivity contribution is 7.90. The molecule has 2 heterocycles. The van der Waals surface area contributed by atoms with Gasteiger partial charge in [-0.25, -0.2) is 8.42 Å². The summed E-state index contributed by atoms with van der Waals surface area (Å²) in [5.41, 5.74) is 3.66. The normalized spacial score (nSPS) is 11.9. The van der Waals surface area contributed by atoms with Crippen molar-refractivity contribution in [2.75, 3.05) is 18.2 Å². The predicted octanol–water partition coefficient (Wildman–Crippen LogP) is 4.14. The minimum atomic E-state index is -3.60. The standard InChI is InChI=1S/C25H23N5O4S2/c1-16-8-9-17(2)22(12-16)34-11-10-30-15-19(20-6-4-5-7-21(20)30)13-18(14-26)23(31)27-24-28-25(29-35-24)36(3,32)33/h4-9,12-13,15H,10-11H2,1-3H3,(H,27,28,29,31). The number of para-hydroxylation sites is 1. The summed E-state index contributed by atoms with van der Waals surface area (Å²) in [6.45, 7) is 5.02. The summed E-state index contributed by atoms with van der Waals surface area (Å²) >= 11 is 0.728. The van der Waals surface area contributed by atoms with Gasteiger partial charge in [-0.2, -0.15) is 14.6 Å². The van der Waals surface area contributed by atoms with Gasteiger partial charge in [0.05, 0.1) is 6.54 Å². The van der Waals surface area contributed by atoms with Crippen LogP contribution in [0.4, 0.5) is 5.13 Å². The number of hydrogen-bond acceptors (Lipinski definition) is 8. The van der Waals surface area contributed by atoms with Crippen LogP contribution in [0, 0.1) is 25.2 Å². The molecule has 184 valence electrons. The number of ether oxygens (including phenoxy) is 1. The van der Waals surface area contributed by atoms with Crippen LogP contribution in [0.5, 0.6) is 5.75 Å². The first kappa shape index (κ1) is 25.1. The molecule has 0 saturated heterocycles. The van der Waals surface area contributed by atoms with Crippen LogP contribution < -0.4 is 10.1 Å². The largest absolute Gasteiger partial charge is 0.491 e. The van der Waals surface area contributed by atoms with E-state index in [2.05, 4.69) is 14.7 Å². The molecule has 2 aromatic carbocycles. The van der Waals surface area contributed by atoms with Crippen LogP contribution in [0.15, 0.2) is 59.4 Å². The molecule has 36 heavy (non-hydrogen) atoms. The number of nitrogens with zero attached hydrogens (tertiary/aromatic N) is 4. The number of carbonyl (C=O) groups excluding carboxylic acids is 1. The second-order valence-corrected chi connectivity index (χ2v) is 10.9. The summed E-state index contributed by atoms with van der Waals surface area (Å²) in [5.74, 6) is 0.134. The van der Waals surface area contributed by atoms with Crippen LogP contribution >= 0.6 is 11.5 Å². The van der Waals surface area contributed by atoms with E-state index in [0.717, 1.165) is 45.6 Å². The Balaban J connectivity index is 1.55. The first-order chi connectivity index (χ1) is 17.2. The second-order valence-electron chi connectivity index (χ2n) is 8.19. The van der Waals surface area contributed by atoms with E-state index in [-0.39, 0.29) is 15.9 Å². The molecule has 0 unspecified atom stereocenters. The van der Waals surface area contributed by atoms with Gasteiger partial charge in [0.15, 0.2) is 0 Å². The third-order valence-corrected chi connectivity index (χ3v) is 6.97. The molecule has 0 radical (unpaired) electrons. The fraction of sp³-hybridized carbons (Fsp3) is 0.200. The number of aromatic nitrogens is 3. The van der Waals surface area contributed by atoms with E-state index in [1.54, 1.807) is 0 Å². The summed E-state index contributed by atoms with van der Waals surface area (Å²) < 4.78 is 34.9. The van der Waals surface area contributed by atoms with Crippen molar-refractivity contribution >= 4 is 49.4 Å². The van der Waals surface area contributed by atoms with Crippen molar-refractivity contribution in [1.82, 2.24) is 13.9 Å². The third kappa shape index (κ3) is 5.62. The summed E-state index contributed by atoms with van der Waals surface area (Å²) in [4.78, 5) is 16.5. The molecule has 0 saturated carbocycles. The number of sulfone groups is 1. The van der Waals surface area contributed by atoms with E-state index in [9.17, 15) is 18.5 Å². The molecule has 0 aliphatic rings. The molecule has 9 nitrogen and oxygen atoms in total. The highest BCUT2D eigenvalue weighted by Gasteiger charge is 2.18. The van der Waals surface area contributed by atoms with Crippen LogP contribution in [-0.2, 0) is 21.2 Å². The van der Waals surface area contributed by atoms with E-state index < -0.39 is 15.7 Å². The maximum atomic E-state index is 12.7. The monoisotopic (exact) mass is 521 g/mol. The molecule has 1 amide bonds. The zero-order valence-electron chi connectivity index (χ0n) is 19.8. The average molecular weight is 522 g/mol. The smallest absolute Gasteiger partial charge is 0.268 e. The van der Waals surface area contributed by atoms with Crippen molar-refractivity contribution in [2.45, 2.75) is 25.5 Å². The van der Waals surface area contributed by atoms with Crippen LogP contribution in [0.3, 0.4) is 0 Å². The number of aryl methyl sites for hydroxylation is 2. The maximum Gasteiger partial charge on any atom is 0.268 e. The molecule has 0 spiro atoms. The van der Waals surface area contributed by atoms with E-state index in [0.29, 0.717) is 18.7 Å². The van der Waals surface area contributed by atoms with E-state index in [1.807, 2.05) is 73.1 Å². The highest BCUT2D eigenvalue weighted by Crippen LogP contribution is 2.25. The maximum absolute atomic E-state index is 12.7. The van der Waals surface area contributed by atoms with Crippen LogP contribution in [0.25, 0.3) is 17.0 Å². The number of anilines is 1. The zero-order valence-corrected chi connectivity index (χ0v) is 21.5. The van der Waals surface area contributed by atoms with Crippen molar-refractivity contribution < 1.29 is 17.9 Å². The van der Waals surface area contributed by atoms with E-state index in [4.69, 9.17) is 4.74 Å². The van der Waals surface area contributed by atoms with Gasteiger partial charge < -0.3 is 9.30 Å². The fourth-order valence-electron chi connectivity index (χ4n) is 3.57. The van der Waals surface area contributed by atoms with Gasteiger partial charge in [0, 0.05) is 40.5 Å². The topological polar surface area (TPSA) is 127 Å². The number of carbonyl (C=O) groups is 1. The number of fused-ring (bicyclic) bond motifs is 1. The second kappa shape index (κ2) is 10.3. The van der Waals surface area contributed by atoms with Crippen molar-refractivity contribution in [3.05, 3.63) is 70.9 Å². The summed E-state index contributed by atoms with van der Waals surface area (Å²) in [6, 6.07) is 15.7. The summed E-state index contributed by atoms with van der Waals surface area (Å²) in [5, 5.41) is 12.6. The number of hydrogen-bond donors (Lipinski definition) is 1. The number of amides is 1. The molecule has 1 N–H and O–H groups in total. The lowest BCUT2D eigenvalue weighted by atomic mass is 10.1. The quantitative estimate of drug-likeness (QED) is 0.273. The van der Waals surface area contributed by atoms with Gasteiger partial charge in [-0.15, -0.1) is 0 Å². The number of benzene rings is 2. The summed E-state index contributed by atoms with van der Waals surface area (Å²) in [6.07, 6.45) is 4.34. The average Bonchev–Trinajstić information content (AvgIpc) is 3.45. The molecule has 0 bridgehead atoms. The number of rotatable bonds is 8. The van der Waals surface area contributed by atoms with Gasteiger partial charge in [-0.05, 0) is 43.2 Å². The summed E-state index contributed by atoms with van der Waals surface area (Å²) in [7, 11) is -3.60. The molecular formula is C25H23N5O4S2. The van der Waals surface area contributed by atoms with Gasteiger partial charge in [0.25, 0.3) is 11.1 Å². The highest BCUT2D eigenvalue weighted by atomic mass is 32.2. The minimum Gasteiger partial charge on any atom is -0.491 e. The first-order valence-electron chi connectivity index (χ1n) is 10.9. The predicted molar refractivity (Wildman–Crippen MR) is 139 cm³/mol. The van der Waals surface area contributed by atoms with E-state index in [1.165, 1.54) is 6.08 Å². The third-order valence-electron chi connectivity index (χ3n) is 5.38. The molecular weight excluding hydrogens is 498 g/mol. The Kier molecular flexibility index (Phi) is 7.19. The van der Waals surface area contributed by atoms with Crippen molar-refractivity contribution in [2.24, 2.45) is 0 Å². The first-order valence-corrected chi connectivity index (χ1v) is 13.6. The van der Waals surface area contributed by atoms with Gasteiger partial charge >= 0.3 is 0 Å². The van der Waals surface area contributed by atoms with Gasteiger partial charge in [0.2, 0.25) is 15.0 Å². The fourth-order valence-corrected chi connectivity index (χ4v) is 5.01. The Morgan fingerprint density at radius 2 is 2.03 bits per heavy atom. The van der Waals surface area contributed by atoms with E-state index >= 15 is 0 Å². The lowest BCUT2D eigenvalue weighted by molar-refractivity contribution is -0.112. The zero-order chi connectivity index (χ0) is 25.9. The molecule has 0 aliphatic carbocycles. The Labute approximate surface area is 212 Å². The Morgan fingerprint density at radius 1 is 1.25 bits per heavy atom. The van der Waals surface area contributed by atoms with Gasteiger partial charge in [0.1, 0.15) is 24.0 Å². The van der Waals surface area contributed by atoms with Gasteiger partial charge in [-0.3, -0.25) is 10.1 Å². The Hall–Kier alpha value is -4.01. The molecule has 2 aromatic heterocycles. The van der Waals surface area contributed by atoms with Crippen LogP contribution in [-0.4, -0.2) is 41.1 Å². The van der Waals surface area contributed by atoms with Crippen LogP contribution in [0.2, 0.25) is 0 Å². The Bertz CT molecular complexity index is 1630. The van der Waals surface area contributed by atoms with Gasteiger partial charge in [-0.1, -0.05) is 30.3 Å². The SMILES string of the molecule is Cc1ccc(C)c(OCCn2cc(C=C(C#N)C(=O)Nc3nc(S(C)(=O)=O)ns3)c3ccccc32)c1.